The Labute approximate surface area is 97.5 Å². The minimum atomic E-state index is 0.537. The van der Waals surface area contributed by atoms with Crippen molar-refractivity contribution in [3.63, 3.8) is 0 Å². The van der Waals surface area contributed by atoms with E-state index < -0.39 is 0 Å². The summed E-state index contributed by atoms with van der Waals surface area (Å²) in [4.78, 5) is 0. The van der Waals surface area contributed by atoms with Crippen LogP contribution in [0.25, 0.3) is 0 Å². The summed E-state index contributed by atoms with van der Waals surface area (Å²) >= 11 is 0. The molecule has 0 amide bonds. The molecule has 0 spiro atoms. The lowest BCUT2D eigenvalue weighted by molar-refractivity contribution is 0.151. The third kappa shape index (κ3) is 22.7. The summed E-state index contributed by atoms with van der Waals surface area (Å²) in [6, 6.07) is 0. The zero-order valence-electron chi connectivity index (χ0n) is 9.60. The van der Waals surface area contributed by atoms with E-state index in [1.165, 1.54) is 25.0 Å². The molecule has 4 nitrogen and oxygen atoms in total. The van der Waals surface area contributed by atoms with Crippen molar-refractivity contribution in [2.45, 2.75) is 0 Å². The highest BCUT2D eigenvalue weighted by atomic mass is 16.5. The number of hydrogen-bond acceptors (Lipinski definition) is 4. The van der Waals surface area contributed by atoms with E-state index in [0.717, 1.165) is 0 Å². The average Bonchev–Trinajstić information content (AvgIpc) is 2.31. The first-order valence-corrected chi connectivity index (χ1v) is 4.73. The Morgan fingerprint density at radius 2 is 0.688 bits per heavy atom. The predicted octanol–water partition coefficient (Wildman–Crippen LogP) is 2.61. The van der Waals surface area contributed by atoms with Gasteiger partial charge in [-0.15, -0.1) is 0 Å². The molecule has 0 aromatic heterocycles. The summed E-state index contributed by atoms with van der Waals surface area (Å²) < 4.78 is 18.9. The van der Waals surface area contributed by atoms with Crippen LogP contribution < -0.4 is 0 Å². The minimum Gasteiger partial charge on any atom is -0.498 e. The SMILES string of the molecule is C=COCCOC=C.C=COCCOC=C. The molecule has 0 heterocycles. The van der Waals surface area contributed by atoms with Crippen molar-refractivity contribution >= 4 is 0 Å². The lowest BCUT2D eigenvalue weighted by Crippen LogP contribution is -1.95. The molecule has 0 aliphatic carbocycles. The maximum Gasteiger partial charge on any atom is 0.121 e. The highest BCUT2D eigenvalue weighted by Gasteiger charge is 1.77. The van der Waals surface area contributed by atoms with Crippen LogP contribution in [0.5, 0.6) is 0 Å². The van der Waals surface area contributed by atoms with Crippen LogP contribution in [0.2, 0.25) is 0 Å². The van der Waals surface area contributed by atoms with Crippen LogP contribution in [0, 0.1) is 0 Å². The Bertz CT molecular complexity index is 138. The fourth-order valence-electron chi connectivity index (χ4n) is 0.526. The molecule has 16 heavy (non-hydrogen) atoms. The molecule has 0 aromatic carbocycles. The molecule has 0 bridgehead atoms. The Morgan fingerprint density at radius 3 is 0.812 bits per heavy atom. The molecular weight excluding hydrogens is 208 g/mol. The second-order valence-corrected chi connectivity index (χ2v) is 2.15. The van der Waals surface area contributed by atoms with E-state index in [4.69, 9.17) is 18.9 Å². The number of ether oxygens (including phenoxy) is 4. The van der Waals surface area contributed by atoms with Crippen LogP contribution in [0.15, 0.2) is 51.4 Å². The Morgan fingerprint density at radius 1 is 0.500 bits per heavy atom. The zero-order chi connectivity index (χ0) is 12.5. The summed E-state index contributed by atoms with van der Waals surface area (Å²) in [5.74, 6) is 0. The van der Waals surface area contributed by atoms with Gasteiger partial charge in [0.05, 0.1) is 25.0 Å². The monoisotopic (exact) mass is 228 g/mol. The van der Waals surface area contributed by atoms with Gasteiger partial charge in [-0.25, -0.2) is 0 Å². The van der Waals surface area contributed by atoms with Gasteiger partial charge >= 0.3 is 0 Å². The van der Waals surface area contributed by atoms with Crippen LogP contribution in [-0.2, 0) is 18.9 Å². The summed E-state index contributed by atoms with van der Waals surface area (Å²) in [7, 11) is 0. The molecule has 0 rings (SSSR count). The fourth-order valence-corrected chi connectivity index (χ4v) is 0.526. The highest BCUT2D eigenvalue weighted by Crippen LogP contribution is 1.77. The van der Waals surface area contributed by atoms with Gasteiger partial charge in [0.1, 0.15) is 26.4 Å². The molecule has 92 valence electrons. The highest BCUT2D eigenvalue weighted by molar-refractivity contribution is 4.51. The minimum absolute atomic E-state index is 0.537. The van der Waals surface area contributed by atoms with E-state index in [1.807, 2.05) is 0 Å². The maximum absolute atomic E-state index is 4.73. The molecule has 0 aromatic rings. The normalized spacial score (nSPS) is 7.50. The third-order valence-electron chi connectivity index (χ3n) is 1.11. The molecule has 0 fully saturated rings. The smallest absolute Gasteiger partial charge is 0.121 e. The van der Waals surface area contributed by atoms with Gasteiger partial charge < -0.3 is 18.9 Å². The Kier molecular flexibility index (Phi) is 19.5. The molecule has 4 heteroatoms. The average molecular weight is 228 g/mol. The molecule has 0 aliphatic rings. The second kappa shape index (κ2) is 18.9. The van der Waals surface area contributed by atoms with Gasteiger partial charge in [0, 0.05) is 0 Å². The van der Waals surface area contributed by atoms with Crippen LogP contribution in [0.3, 0.4) is 0 Å². The van der Waals surface area contributed by atoms with Gasteiger partial charge in [-0.2, -0.15) is 0 Å². The Hall–Kier alpha value is -1.84. The van der Waals surface area contributed by atoms with Crippen LogP contribution >= 0.6 is 0 Å². The maximum atomic E-state index is 4.73. The molecule has 0 N–H and O–H groups in total. The summed E-state index contributed by atoms with van der Waals surface area (Å²) in [6.45, 7) is 15.6. The molecular formula is C12H20O4. The molecule has 0 atom stereocenters. The van der Waals surface area contributed by atoms with Crippen LogP contribution in [-0.4, -0.2) is 26.4 Å². The molecule has 0 aliphatic heterocycles. The summed E-state index contributed by atoms with van der Waals surface area (Å²) in [5.41, 5.74) is 0. The number of rotatable bonds is 10. The van der Waals surface area contributed by atoms with Gasteiger partial charge in [-0.1, -0.05) is 26.3 Å². The van der Waals surface area contributed by atoms with Crippen molar-refractivity contribution in [3.8, 4) is 0 Å². The molecule has 0 radical (unpaired) electrons. The van der Waals surface area contributed by atoms with E-state index in [-0.39, 0.29) is 0 Å². The van der Waals surface area contributed by atoms with Crippen molar-refractivity contribution in [2.75, 3.05) is 26.4 Å². The first kappa shape index (κ1) is 16.6. The van der Waals surface area contributed by atoms with E-state index in [0.29, 0.717) is 26.4 Å². The van der Waals surface area contributed by atoms with Crippen molar-refractivity contribution in [3.05, 3.63) is 51.4 Å². The van der Waals surface area contributed by atoms with Crippen molar-refractivity contribution in [1.29, 1.82) is 0 Å². The van der Waals surface area contributed by atoms with Crippen LogP contribution in [0.4, 0.5) is 0 Å². The van der Waals surface area contributed by atoms with E-state index in [9.17, 15) is 0 Å². The van der Waals surface area contributed by atoms with E-state index in [1.54, 1.807) is 0 Å². The Balaban J connectivity index is 0. The third-order valence-corrected chi connectivity index (χ3v) is 1.11. The van der Waals surface area contributed by atoms with Crippen LogP contribution in [0.1, 0.15) is 0 Å². The van der Waals surface area contributed by atoms with E-state index in [2.05, 4.69) is 26.3 Å². The molecule has 0 saturated heterocycles. The molecule has 0 unspecified atom stereocenters. The van der Waals surface area contributed by atoms with Gasteiger partial charge in [-0.05, 0) is 0 Å². The first-order chi connectivity index (χ1) is 7.83. The second-order valence-electron chi connectivity index (χ2n) is 2.15. The fraction of sp³-hybridized carbons (Fsp3) is 0.333. The van der Waals surface area contributed by atoms with E-state index >= 15 is 0 Å². The lowest BCUT2D eigenvalue weighted by atomic mass is 10.8. The van der Waals surface area contributed by atoms with Gasteiger partial charge in [0.2, 0.25) is 0 Å². The number of hydrogen-bond donors (Lipinski definition) is 0. The first-order valence-electron chi connectivity index (χ1n) is 4.73. The predicted molar refractivity (Wildman–Crippen MR) is 64.6 cm³/mol. The van der Waals surface area contributed by atoms with Gasteiger partial charge in [0.25, 0.3) is 0 Å². The summed E-state index contributed by atoms with van der Waals surface area (Å²) in [5, 5.41) is 0. The summed E-state index contributed by atoms with van der Waals surface area (Å²) in [6.07, 6.45) is 5.53. The van der Waals surface area contributed by atoms with Crippen molar-refractivity contribution in [1.82, 2.24) is 0 Å². The topological polar surface area (TPSA) is 36.9 Å². The standard InChI is InChI=1S/2C6H10O2/c2*1-3-7-5-6-8-4-2/h2*3-4H,1-2,5-6H2. The molecule has 0 saturated carbocycles. The zero-order valence-corrected chi connectivity index (χ0v) is 9.60. The van der Waals surface area contributed by atoms with Gasteiger partial charge in [-0.3, -0.25) is 0 Å². The van der Waals surface area contributed by atoms with Crippen molar-refractivity contribution < 1.29 is 18.9 Å². The largest absolute Gasteiger partial charge is 0.498 e. The quantitative estimate of drug-likeness (QED) is 0.425. The van der Waals surface area contributed by atoms with Gasteiger partial charge in [0.15, 0.2) is 0 Å². The lowest BCUT2D eigenvalue weighted by Gasteiger charge is -1.97. The van der Waals surface area contributed by atoms with Crippen molar-refractivity contribution in [2.24, 2.45) is 0 Å².